The molecule has 0 radical (unpaired) electrons. The van der Waals surface area contributed by atoms with E-state index < -0.39 is 15.8 Å². The smallest absolute Gasteiger partial charge is 0.246 e. The first-order valence-electron chi connectivity index (χ1n) is 10.3. The molecule has 4 rings (SSSR count). The second-order valence-electron chi connectivity index (χ2n) is 8.12. The molecule has 29 heavy (non-hydrogen) atoms. The molecule has 9 heteroatoms. The molecule has 160 valence electrons. The molecule has 1 amide bonds. The van der Waals surface area contributed by atoms with Crippen LogP contribution in [0.1, 0.15) is 25.7 Å². The number of hydrogen-bond acceptors (Lipinski definition) is 5. The molecule has 1 saturated carbocycles. The second-order valence-corrected chi connectivity index (χ2v) is 10.0. The molecule has 3 fully saturated rings. The number of benzene rings is 1. The number of nitrogens with zero attached hydrogens (tertiary/aromatic N) is 3. The van der Waals surface area contributed by atoms with Gasteiger partial charge in [0.2, 0.25) is 15.9 Å². The topological polar surface area (TPSA) is 70.2 Å². The van der Waals surface area contributed by atoms with Gasteiger partial charge >= 0.3 is 0 Å². The van der Waals surface area contributed by atoms with Crippen LogP contribution < -0.4 is 4.74 Å². The van der Waals surface area contributed by atoms with Crippen molar-refractivity contribution in [1.82, 2.24) is 14.1 Å². The van der Waals surface area contributed by atoms with Crippen LogP contribution in [-0.4, -0.2) is 80.9 Å². The van der Waals surface area contributed by atoms with E-state index in [1.807, 2.05) is 4.90 Å². The molecule has 3 aliphatic rings. The van der Waals surface area contributed by atoms with Crippen LogP contribution in [0, 0.1) is 11.7 Å². The van der Waals surface area contributed by atoms with Crippen LogP contribution in [0.5, 0.6) is 5.75 Å². The van der Waals surface area contributed by atoms with E-state index in [1.54, 1.807) is 0 Å². The van der Waals surface area contributed by atoms with Crippen LogP contribution in [0.25, 0.3) is 0 Å². The lowest BCUT2D eigenvalue weighted by Gasteiger charge is -2.26. The fourth-order valence-electron chi connectivity index (χ4n) is 4.31. The zero-order valence-corrected chi connectivity index (χ0v) is 17.5. The number of amides is 1. The summed E-state index contributed by atoms with van der Waals surface area (Å²) in [4.78, 5) is 16.7. The Labute approximate surface area is 171 Å². The Balaban J connectivity index is 1.45. The molecule has 0 spiro atoms. The Morgan fingerprint density at radius 1 is 1.10 bits per heavy atom. The molecule has 2 heterocycles. The second kappa shape index (κ2) is 8.20. The normalized spacial score (nSPS) is 24.7. The van der Waals surface area contributed by atoms with E-state index in [1.165, 1.54) is 36.4 Å². The Morgan fingerprint density at radius 3 is 2.62 bits per heavy atom. The first-order chi connectivity index (χ1) is 13.9. The van der Waals surface area contributed by atoms with Gasteiger partial charge in [-0.1, -0.05) is 0 Å². The standard InChI is InChI=1S/C20H28FN3O4S/c1-28-18-6-5-16(21)13-19(18)29(26,27)24-9-2-8-22(11-12-24)17-7-10-23(20(17)25)14-15-3-4-15/h5-6,13,15,17H,2-4,7-12,14H2,1H3/t17-/m1/s1. The lowest BCUT2D eigenvalue weighted by molar-refractivity contribution is -0.132. The van der Waals surface area contributed by atoms with Crippen molar-refractivity contribution in [3.63, 3.8) is 0 Å². The van der Waals surface area contributed by atoms with Crippen molar-refractivity contribution in [3.05, 3.63) is 24.0 Å². The van der Waals surface area contributed by atoms with Gasteiger partial charge < -0.3 is 9.64 Å². The molecule has 2 aliphatic heterocycles. The predicted molar refractivity (Wildman–Crippen MR) is 106 cm³/mol. The van der Waals surface area contributed by atoms with Gasteiger partial charge in [-0.05, 0) is 49.8 Å². The molecule has 0 aromatic heterocycles. The van der Waals surface area contributed by atoms with Crippen molar-refractivity contribution in [2.45, 2.75) is 36.6 Å². The summed E-state index contributed by atoms with van der Waals surface area (Å²) in [5.74, 6) is 0.367. The van der Waals surface area contributed by atoms with Gasteiger partial charge in [-0.2, -0.15) is 4.31 Å². The quantitative estimate of drug-likeness (QED) is 0.692. The number of ether oxygens (including phenoxy) is 1. The number of methoxy groups -OCH3 is 1. The predicted octanol–water partition coefficient (Wildman–Crippen LogP) is 1.54. The summed E-state index contributed by atoms with van der Waals surface area (Å²) in [7, 11) is -2.51. The highest BCUT2D eigenvalue weighted by molar-refractivity contribution is 7.89. The van der Waals surface area contributed by atoms with Crippen molar-refractivity contribution in [3.8, 4) is 5.75 Å². The molecule has 1 aliphatic carbocycles. The van der Waals surface area contributed by atoms with Crippen molar-refractivity contribution >= 4 is 15.9 Å². The van der Waals surface area contributed by atoms with Gasteiger partial charge in [0.1, 0.15) is 16.5 Å². The van der Waals surface area contributed by atoms with Gasteiger partial charge in [0.05, 0.1) is 13.2 Å². The van der Waals surface area contributed by atoms with Gasteiger partial charge in [0.15, 0.2) is 0 Å². The molecule has 1 atom stereocenters. The Morgan fingerprint density at radius 2 is 1.90 bits per heavy atom. The summed E-state index contributed by atoms with van der Waals surface area (Å²) in [6, 6.07) is 3.37. The average molecular weight is 426 g/mol. The maximum absolute atomic E-state index is 13.7. The fourth-order valence-corrected chi connectivity index (χ4v) is 5.95. The molecular weight excluding hydrogens is 397 g/mol. The van der Waals surface area contributed by atoms with E-state index in [0.29, 0.717) is 32.0 Å². The first-order valence-corrected chi connectivity index (χ1v) is 11.7. The Bertz CT molecular complexity index is 874. The number of likely N-dealkylation sites (tertiary alicyclic amines) is 1. The van der Waals surface area contributed by atoms with Crippen LogP contribution in [0.15, 0.2) is 23.1 Å². The third-order valence-corrected chi connectivity index (χ3v) is 8.04. The molecular formula is C20H28FN3O4S. The minimum Gasteiger partial charge on any atom is -0.495 e. The summed E-state index contributed by atoms with van der Waals surface area (Å²) < 4.78 is 46.5. The Kier molecular flexibility index (Phi) is 5.81. The van der Waals surface area contributed by atoms with E-state index >= 15 is 0 Å². The monoisotopic (exact) mass is 425 g/mol. The molecule has 0 unspecified atom stereocenters. The maximum Gasteiger partial charge on any atom is 0.246 e. The molecule has 0 bridgehead atoms. The zero-order chi connectivity index (χ0) is 20.6. The van der Waals surface area contributed by atoms with E-state index in [4.69, 9.17) is 4.74 Å². The van der Waals surface area contributed by atoms with Crippen molar-refractivity contribution in [1.29, 1.82) is 0 Å². The molecule has 7 nitrogen and oxygen atoms in total. The van der Waals surface area contributed by atoms with Crippen molar-refractivity contribution < 1.29 is 22.3 Å². The third kappa shape index (κ3) is 4.27. The highest BCUT2D eigenvalue weighted by atomic mass is 32.2. The lowest BCUT2D eigenvalue weighted by Crippen LogP contribution is -2.44. The number of halogens is 1. The van der Waals surface area contributed by atoms with Crippen molar-refractivity contribution in [2.24, 2.45) is 5.92 Å². The molecule has 1 aromatic rings. The summed E-state index contributed by atoms with van der Waals surface area (Å²) in [6.07, 6.45) is 3.86. The fraction of sp³-hybridized carbons (Fsp3) is 0.650. The highest BCUT2D eigenvalue weighted by Crippen LogP contribution is 2.32. The van der Waals surface area contributed by atoms with Crippen LogP contribution in [0.2, 0.25) is 0 Å². The summed E-state index contributed by atoms with van der Waals surface area (Å²) >= 11 is 0. The van der Waals surface area contributed by atoms with Crippen LogP contribution in [0.4, 0.5) is 4.39 Å². The summed E-state index contributed by atoms with van der Waals surface area (Å²) in [6.45, 7) is 3.44. The largest absolute Gasteiger partial charge is 0.495 e. The van der Waals surface area contributed by atoms with Gasteiger partial charge in [-0.25, -0.2) is 12.8 Å². The highest BCUT2D eigenvalue weighted by Gasteiger charge is 2.39. The minimum atomic E-state index is -3.88. The van der Waals surface area contributed by atoms with E-state index in [9.17, 15) is 17.6 Å². The minimum absolute atomic E-state index is 0.134. The molecule has 0 N–H and O–H groups in total. The molecule has 2 saturated heterocycles. The number of rotatable bonds is 6. The summed E-state index contributed by atoms with van der Waals surface area (Å²) in [5, 5.41) is 0. The van der Waals surface area contributed by atoms with Gasteiger partial charge in [-0.15, -0.1) is 0 Å². The zero-order valence-electron chi connectivity index (χ0n) is 16.7. The SMILES string of the molecule is COc1ccc(F)cc1S(=O)(=O)N1CCCN([C@@H]2CCN(CC3CC3)C2=O)CC1. The van der Waals surface area contributed by atoms with Gasteiger partial charge in [0, 0.05) is 39.3 Å². The van der Waals surface area contributed by atoms with Gasteiger partial charge in [-0.3, -0.25) is 9.69 Å². The van der Waals surface area contributed by atoms with E-state index in [-0.39, 0.29) is 29.1 Å². The average Bonchev–Trinajstić information content (AvgIpc) is 3.49. The third-order valence-electron chi connectivity index (χ3n) is 6.12. The van der Waals surface area contributed by atoms with Crippen LogP contribution in [-0.2, 0) is 14.8 Å². The van der Waals surface area contributed by atoms with Gasteiger partial charge in [0.25, 0.3) is 0 Å². The van der Waals surface area contributed by atoms with E-state index in [2.05, 4.69) is 4.90 Å². The number of hydrogen-bond donors (Lipinski definition) is 0. The number of sulfonamides is 1. The number of carbonyl (C=O) groups is 1. The maximum atomic E-state index is 13.7. The Hall–Kier alpha value is -1.71. The lowest BCUT2D eigenvalue weighted by atomic mass is 10.2. The number of carbonyl (C=O) groups excluding carboxylic acids is 1. The first kappa shape index (κ1) is 20.6. The molecule has 1 aromatic carbocycles. The van der Waals surface area contributed by atoms with Crippen molar-refractivity contribution in [2.75, 3.05) is 46.4 Å². The van der Waals surface area contributed by atoms with E-state index in [0.717, 1.165) is 25.6 Å². The summed E-state index contributed by atoms with van der Waals surface area (Å²) in [5.41, 5.74) is 0. The van der Waals surface area contributed by atoms with Crippen LogP contribution in [0.3, 0.4) is 0 Å². The van der Waals surface area contributed by atoms with Crippen LogP contribution >= 0.6 is 0 Å².